The van der Waals surface area contributed by atoms with E-state index in [2.05, 4.69) is 251 Å². The van der Waals surface area contributed by atoms with Gasteiger partial charge in [0, 0.05) is 209 Å². The van der Waals surface area contributed by atoms with Crippen LogP contribution >= 0.6 is 11.8 Å². The second-order valence-electron chi connectivity index (χ2n) is 28.7. The van der Waals surface area contributed by atoms with Crippen LogP contribution in [0.3, 0.4) is 0 Å². The van der Waals surface area contributed by atoms with Gasteiger partial charge >= 0.3 is 7.69 Å². The van der Waals surface area contributed by atoms with Crippen molar-refractivity contribution in [3.8, 4) is 11.8 Å². The Morgan fingerprint density at radius 3 is 0.754 bits per heavy atom. The maximum atomic E-state index is 11.9. The van der Waals surface area contributed by atoms with Crippen LogP contribution in [0.5, 0.6) is 0 Å². The average Bonchev–Trinajstić information content (AvgIpc) is 0.774. The molecule has 0 saturated carbocycles. The van der Waals surface area contributed by atoms with Crippen molar-refractivity contribution in [3.63, 3.8) is 0 Å². The van der Waals surface area contributed by atoms with Crippen molar-refractivity contribution in [2.45, 2.75) is 94.5 Å². The van der Waals surface area contributed by atoms with Crippen molar-refractivity contribution in [1.29, 1.82) is 0 Å². The first kappa shape index (κ1) is 117. The fourth-order valence-electron chi connectivity index (χ4n) is 14.3. The van der Waals surface area contributed by atoms with Gasteiger partial charge in [0.05, 0.1) is 33.0 Å². The van der Waals surface area contributed by atoms with Crippen LogP contribution in [-0.2, 0) is 234 Å². The number of benzene rings is 13. The van der Waals surface area contributed by atoms with Crippen molar-refractivity contribution in [1.82, 2.24) is 0 Å². The third-order valence-electron chi connectivity index (χ3n) is 20.0. The molecule has 0 amide bonds. The topological polar surface area (TPSA) is 121 Å². The number of carbonyl (C=O) groups excluding carboxylic acids is 2. The Morgan fingerprint density at radius 1 is 0.319 bits per heavy atom. The molecule has 0 aliphatic carbocycles. The smallest absolute Gasteiger partial charge is 0.429 e. The lowest BCUT2D eigenvalue weighted by molar-refractivity contribution is -0.113. The normalized spacial score (nSPS) is 10.9. The SMILES string of the molecule is C/C(=C\CO)CCOC(c1ccccc1)(c1ccccc1)c1ccccc1.C/C(=C\CO[B]O)CCOC(c1ccccc1)(c1ccccc1)c1ccccc1.CC.CC(=O)/C=C(/CCOC(c1ccccc1)(c1ccccc1)c1ccccc1)Sc1ccccc1.CC(=O)C#CCCOC(c1ccccc1)(c1ccccc1)c1ccccc1.S=S=S=S=S=S=S=S.S=S=S=S=S=S=S=S=S=S=S. The second-order valence-corrected chi connectivity index (χ2v) is 56.5. The lowest BCUT2D eigenvalue weighted by atomic mass is 9.80. The molecule has 30 heteroatoms. The first-order valence-electron chi connectivity index (χ1n) is 43.4. The summed E-state index contributed by atoms with van der Waals surface area (Å²) in [5.74, 6) is 5.38. The number of carbonyl (C=O) groups is 2. The number of hydrogen-bond donors (Lipinski definition) is 2. The highest BCUT2D eigenvalue weighted by atomic mass is 33.4. The first-order valence-corrected chi connectivity index (χ1v) is 66.9. The van der Waals surface area contributed by atoms with Gasteiger partial charge in [-0.3, -0.25) is 9.59 Å². The Morgan fingerprint density at radius 2 is 0.536 bits per heavy atom. The zero-order valence-corrected chi connectivity index (χ0v) is 93.2. The molecule has 0 saturated heterocycles. The van der Waals surface area contributed by atoms with E-state index in [0.717, 1.165) is 101 Å². The number of ether oxygens (including phenoxy) is 4. The Kier molecular flexibility index (Phi) is 60.9. The Bertz CT molecular complexity index is 6190. The summed E-state index contributed by atoms with van der Waals surface area (Å²) in [5.41, 5.74) is 12.4. The highest BCUT2D eigenvalue weighted by Crippen LogP contribution is 2.46. The molecule has 138 heavy (non-hydrogen) atoms. The van der Waals surface area contributed by atoms with E-state index in [1.807, 2.05) is 240 Å². The fourth-order valence-corrected chi connectivity index (χ4v) is 45.5. The molecular formula is C108H108BO9S20. The molecule has 0 fully saturated rings. The molecule has 0 atom stereocenters. The molecular weight excluding hydrogens is 2090 g/mol. The predicted octanol–water partition coefficient (Wildman–Crippen LogP) is 23.8. The lowest BCUT2D eigenvalue weighted by Crippen LogP contribution is -2.33. The maximum absolute atomic E-state index is 11.9. The maximum Gasteiger partial charge on any atom is 0.485 e. The van der Waals surface area contributed by atoms with E-state index in [1.54, 1.807) is 122 Å². The fraction of sp³-hybridized carbons (Fsp3) is 0.185. The Labute approximate surface area is 883 Å². The lowest BCUT2D eigenvalue weighted by Gasteiger charge is -2.36. The summed E-state index contributed by atoms with van der Waals surface area (Å²) in [7, 11) is 24.3. The van der Waals surface area contributed by atoms with Crippen molar-refractivity contribution in [2.24, 2.45) is 0 Å². The van der Waals surface area contributed by atoms with Crippen LogP contribution in [0.15, 0.2) is 433 Å². The van der Waals surface area contributed by atoms with Gasteiger partial charge in [0.15, 0.2) is 5.78 Å². The molecule has 1 radical (unpaired) electrons. The molecule has 0 bridgehead atoms. The van der Waals surface area contributed by atoms with Crippen LogP contribution in [0.25, 0.3) is 0 Å². The summed E-state index contributed by atoms with van der Waals surface area (Å²) in [6.07, 6.45) is 8.17. The number of aliphatic hydroxyl groups excluding tert-OH is 1. The molecule has 13 rings (SSSR count). The van der Waals surface area contributed by atoms with Crippen molar-refractivity contribution in [2.75, 3.05) is 39.6 Å². The van der Waals surface area contributed by atoms with E-state index in [-0.39, 0.29) is 18.2 Å². The zero-order chi connectivity index (χ0) is 98.5. The molecule has 0 aliphatic rings. The van der Waals surface area contributed by atoms with E-state index in [4.69, 9.17) is 33.7 Å². The molecule has 0 spiro atoms. The van der Waals surface area contributed by atoms with Gasteiger partial charge in [-0.15, -0.1) is 0 Å². The molecule has 2 N–H and O–H groups in total. The minimum absolute atomic E-state index is 0.0406. The summed E-state index contributed by atoms with van der Waals surface area (Å²) in [6.45, 7) is 13.5. The van der Waals surface area contributed by atoms with E-state index in [1.165, 1.54) is 42.4 Å². The van der Waals surface area contributed by atoms with E-state index < -0.39 is 22.4 Å². The number of ketones is 2. The summed E-state index contributed by atoms with van der Waals surface area (Å²) in [4.78, 5) is 25.1. The molecule has 717 valence electrons. The molecule has 13 aromatic rings. The molecule has 9 nitrogen and oxygen atoms in total. The van der Waals surface area contributed by atoms with E-state index in [0.29, 0.717) is 53.6 Å². The van der Waals surface area contributed by atoms with E-state index in [9.17, 15) is 9.59 Å². The summed E-state index contributed by atoms with van der Waals surface area (Å²) < 4.78 is 31.7. The number of Topliss-reactive ketones (excluding diaryl/α,β-unsaturated/α-hetero) is 1. The third-order valence-corrected chi connectivity index (χ3v) is 50.0. The van der Waals surface area contributed by atoms with Crippen LogP contribution in [0.4, 0.5) is 0 Å². The molecule has 0 aromatic heterocycles. The Balaban J connectivity index is 0.000000234. The van der Waals surface area contributed by atoms with Gasteiger partial charge in [-0.2, -0.15) is 0 Å². The van der Waals surface area contributed by atoms with Gasteiger partial charge < -0.3 is 33.7 Å². The van der Waals surface area contributed by atoms with Gasteiger partial charge in [0.2, 0.25) is 5.78 Å². The molecule has 0 heterocycles. The second kappa shape index (κ2) is 71.7. The number of aliphatic hydroxyl groups is 1. The van der Waals surface area contributed by atoms with Gasteiger partial charge in [-0.25, -0.2) is 0 Å². The standard InChI is InChI=1S/C31H28O2S.C25H26BO3.C25H22O2.C25H26O2.C2H6.S11.S8/c1-25(32)24-30(34-29-20-12-5-13-21-29)22-23-33-31(26-14-6-2-7-15-26,27-16-8-3-9-17-27)28-18-10-4-11-19-28;1-21(18-20-29-26-27)17-19-28-25(22-11-5-2-6-12-22,23-13-7-3-8-14-23)24-15-9-4-10-16-24;1-21(26)13-11-12-20-27-25(22-14-5-2-6-15-22,23-16-7-3-8-17-23)24-18-9-4-10-19-24;1-21(17-19-26)18-20-27-25(22-11-5-2-6-12-22,23-13-7-3-8-14-23)24-15-9-4-10-16-24;1-2;1-3-5-7-9-11-10-8-6-4-2;1-3-5-7-8-6-4-2/h2-21,24H,22-23H2,1H3;2-16,18,27H,17,19-20H2,1H3;2-10,14-19H,12,20H2,1H3;2-17,26H,18-20H2,1H3;1-2H3;;/b30-24-;21-18+;;21-17+;;;. The monoisotopic (exact) mass is 2200 g/mol. The van der Waals surface area contributed by atoms with Crippen LogP contribution in [-0.4, -0.2) is 69.0 Å². The van der Waals surface area contributed by atoms with Gasteiger partial charge in [0.25, 0.3) is 0 Å². The minimum Gasteiger partial charge on any atom is -0.429 e. The van der Waals surface area contributed by atoms with Crippen LogP contribution in [0.1, 0.15) is 134 Å². The van der Waals surface area contributed by atoms with Crippen molar-refractivity contribution >= 4 is 209 Å². The quantitative estimate of drug-likeness (QED) is 0.00582. The van der Waals surface area contributed by atoms with Gasteiger partial charge in [0.1, 0.15) is 22.4 Å². The van der Waals surface area contributed by atoms with Crippen LogP contribution in [0.2, 0.25) is 0 Å². The zero-order valence-electron chi connectivity index (χ0n) is 76.8. The highest BCUT2D eigenvalue weighted by molar-refractivity contribution is 8.74. The highest BCUT2D eigenvalue weighted by Gasteiger charge is 2.41. The summed E-state index contributed by atoms with van der Waals surface area (Å²) in [6, 6.07) is 134. The number of hydrogen-bond acceptors (Lipinski definition) is 14. The third kappa shape index (κ3) is 40.2. The summed E-state index contributed by atoms with van der Waals surface area (Å²) >= 11 is 20.2. The first-order chi connectivity index (χ1) is 67.8. The van der Waals surface area contributed by atoms with Crippen molar-refractivity contribution < 1.29 is 43.3 Å². The number of rotatable bonds is 34. The van der Waals surface area contributed by atoms with Gasteiger partial charge in [-0.1, -0.05) is 437 Å². The minimum atomic E-state index is -0.761. The Hall–Kier alpha value is -7.71. The molecule has 13 aromatic carbocycles. The van der Waals surface area contributed by atoms with Gasteiger partial charge in [-0.05, 0) is 129 Å². The van der Waals surface area contributed by atoms with Crippen molar-refractivity contribution in [3.05, 3.63) is 495 Å². The number of allylic oxidation sites excluding steroid dienone is 1. The molecule has 0 unspecified atom stereocenters. The van der Waals surface area contributed by atoms with Crippen LogP contribution < -0.4 is 0 Å². The average molecular weight is 2200 g/mol. The van der Waals surface area contributed by atoms with E-state index >= 15 is 0 Å². The largest absolute Gasteiger partial charge is 0.485 e. The number of thioether (sulfide) groups is 1. The molecule has 0 aliphatic heterocycles. The van der Waals surface area contributed by atoms with Crippen LogP contribution in [0, 0.1) is 11.8 Å². The summed E-state index contributed by atoms with van der Waals surface area (Å²) in [5, 5.41) is 17.8. The predicted molar refractivity (Wildman–Crippen MR) is 628 cm³/mol.